The molecule has 0 saturated heterocycles. The monoisotopic (exact) mass is 458 g/mol. The minimum atomic E-state index is -1.17. The summed E-state index contributed by atoms with van der Waals surface area (Å²) in [5, 5.41) is 15.3. The molecule has 9 heteroatoms. The standard InChI is InChI=1S/C25H22N4O5/c26-29-27-15-34-17-11-9-16(10-12-17)13-23(24(30)31)28-25(32)33-14-22-20-7-3-1-5-18(20)19-6-2-4-8-21(19)22/h1-12,22-23H,13-15H2,(H,28,32)(H,30,31)/t23-/m0/s1. The lowest BCUT2D eigenvalue weighted by molar-refractivity contribution is -0.139. The van der Waals surface area contributed by atoms with Gasteiger partial charge in [0, 0.05) is 17.3 Å². The predicted octanol–water partition coefficient (Wildman–Crippen LogP) is 4.87. The first-order chi connectivity index (χ1) is 16.6. The Balaban J connectivity index is 1.37. The van der Waals surface area contributed by atoms with E-state index < -0.39 is 18.1 Å². The number of ether oxygens (including phenoxy) is 2. The van der Waals surface area contributed by atoms with E-state index in [4.69, 9.17) is 15.0 Å². The van der Waals surface area contributed by atoms with Crippen LogP contribution in [0.1, 0.15) is 22.6 Å². The van der Waals surface area contributed by atoms with Crippen LogP contribution in [0.4, 0.5) is 4.79 Å². The maximum absolute atomic E-state index is 12.5. The third-order valence-electron chi connectivity index (χ3n) is 5.65. The Morgan fingerprint density at radius 3 is 2.21 bits per heavy atom. The lowest BCUT2D eigenvalue weighted by Gasteiger charge is -2.17. The molecule has 4 rings (SSSR count). The second kappa shape index (κ2) is 10.4. The van der Waals surface area contributed by atoms with E-state index in [2.05, 4.69) is 15.3 Å². The zero-order chi connectivity index (χ0) is 23.9. The molecule has 9 nitrogen and oxygen atoms in total. The van der Waals surface area contributed by atoms with Gasteiger partial charge in [-0.05, 0) is 45.5 Å². The van der Waals surface area contributed by atoms with Gasteiger partial charge < -0.3 is 19.9 Å². The zero-order valence-corrected chi connectivity index (χ0v) is 18.1. The molecule has 0 fully saturated rings. The van der Waals surface area contributed by atoms with E-state index in [1.165, 1.54) is 0 Å². The Morgan fingerprint density at radius 2 is 1.62 bits per heavy atom. The number of benzene rings is 3. The van der Waals surface area contributed by atoms with Crippen molar-refractivity contribution < 1.29 is 24.2 Å². The number of hydrogen-bond acceptors (Lipinski definition) is 5. The minimum absolute atomic E-state index is 0.0656. The summed E-state index contributed by atoms with van der Waals surface area (Å²) in [6.07, 6.45) is -0.723. The van der Waals surface area contributed by atoms with Crippen molar-refractivity contribution in [2.24, 2.45) is 5.11 Å². The Bertz CT molecular complexity index is 1190. The number of azide groups is 1. The van der Waals surface area contributed by atoms with Crippen molar-refractivity contribution in [1.82, 2.24) is 5.32 Å². The Hall–Kier alpha value is -4.49. The van der Waals surface area contributed by atoms with Gasteiger partial charge >= 0.3 is 12.1 Å². The fraction of sp³-hybridized carbons (Fsp3) is 0.200. The molecule has 0 saturated carbocycles. The molecule has 0 heterocycles. The highest BCUT2D eigenvalue weighted by Gasteiger charge is 2.29. The van der Waals surface area contributed by atoms with Crippen LogP contribution in [0.5, 0.6) is 5.75 Å². The molecule has 0 aliphatic heterocycles. The van der Waals surface area contributed by atoms with Gasteiger partial charge in [0.25, 0.3) is 0 Å². The molecular weight excluding hydrogens is 436 g/mol. The van der Waals surface area contributed by atoms with Gasteiger partial charge in [0.05, 0.1) is 0 Å². The van der Waals surface area contributed by atoms with Crippen molar-refractivity contribution in [3.8, 4) is 16.9 Å². The summed E-state index contributed by atoms with van der Waals surface area (Å²) in [6.45, 7) is -0.0413. The van der Waals surface area contributed by atoms with Crippen LogP contribution in [0.25, 0.3) is 21.6 Å². The second-order valence-corrected chi connectivity index (χ2v) is 7.71. The molecular formula is C25H22N4O5. The van der Waals surface area contributed by atoms with Crippen LogP contribution in [-0.2, 0) is 16.0 Å². The van der Waals surface area contributed by atoms with Gasteiger partial charge in [0.15, 0.2) is 6.73 Å². The number of nitrogens with zero attached hydrogens (tertiary/aromatic N) is 3. The van der Waals surface area contributed by atoms with Gasteiger partial charge in [-0.25, -0.2) is 9.59 Å². The van der Waals surface area contributed by atoms with Crippen LogP contribution in [0.2, 0.25) is 0 Å². The SMILES string of the molecule is [N-]=[N+]=NCOc1ccc(C[C@H](NC(=O)OCC2c3ccccc3-c3ccccc32)C(=O)O)cc1. The third kappa shape index (κ3) is 5.11. The van der Waals surface area contributed by atoms with Crippen molar-refractivity contribution in [3.63, 3.8) is 0 Å². The number of carbonyl (C=O) groups is 2. The van der Waals surface area contributed by atoms with Crippen molar-refractivity contribution >= 4 is 12.1 Å². The van der Waals surface area contributed by atoms with E-state index in [0.717, 1.165) is 22.3 Å². The van der Waals surface area contributed by atoms with Crippen LogP contribution in [0, 0.1) is 0 Å². The van der Waals surface area contributed by atoms with Crippen molar-refractivity contribution in [2.75, 3.05) is 13.3 Å². The number of carbonyl (C=O) groups excluding carboxylic acids is 1. The molecule has 0 unspecified atom stereocenters. The van der Waals surface area contributed by atoms with E-state index in [0.29, 0.717) is 11.3 Å². The average molecular weight is 458 g/mol. The number of alkyl carbamates (subject to hydrolysis) is 1. The number of aliphatic carboxylic acids is 1. The van der Waals surface area contributed by atoms with E-state index in [-0.39, 0.29) is 25.7 Å². The van der Waals surface area contributed by atoms with E-state index in [1.54, 1.807) is 24.3 Å². The first kappa shape index (κ1) is 22.7. The number of carboxylic acid groups (broad SMARTS) is 1. The molecule has 0 spiro atoms. The van der Waals surface area contributed by atoms with Crippen molar-refractivity contribution in [2.45, 2.75) is 18.4 Å². The topological polar surface area (TPSA) is 134 Å². The molecule has 1 amide bonds. The summed E-state index contributed by atoms with van der Waals surface area (Å²) in [4.78, 5) is 26.8. The highest BCUT2D eigenvalue weighted by molar-refractivity contribution is 5.81. The number of amides is 1. The van der Waals surface area contributed by atoms with Crippen LogP contribution in [0.3, 0.4) is 0 Å². The quantitative estimate of drug-likeness (QED) is 0.268. The summed E-state index contributed by atoms with van der Waals surface area (Å²) in [5.74, 6) is -0.802. The van der Waals surface area contributed by atoms with E-state index >= 15 is 0 Å². The first-order valence-corrected chi connectivity index (χ1v) is 10.6. The molecule has 3 aromatic rings. The lowest BCUT2D eigenvalue weighted by Crippen LogP contribution is -2.42. The third-order valence-corrected chi connectivity index (χ3v) is 5.65. The van der Waals surface area contributed by atoms with Gasteiger partial charge in [-0.3, -0.25) is 0 Å². The number of carboxylic acids is 1. The summed E-state index contributed by atoms with van der Waals surface area (Å²) >= 11 is 0. The molecule has 172 valence electrons. The average Bonchev–Trinajstić information content (AvgIpc) is 3.17. The predicted molar refractivity (Wildman–Crippen MR) is 124 cm³/mol. The number of fused-ring (bicyclic) bond motifs is 3. The van der Waals surface area contributed by atoms with Crippen LogP contribution < -0.4 is 10.1 Å². The lowest BCUT2D eigenvalue weighted by atomic mass is 9.98. The summed E-state index contributed by atoms with van der Waals surface area (Å²) in [5.41, 5.74) is 13.3. The largest absolute Gasteiger partial charge is 0.488 e. The fourth-order valence-corrected chi connectivity index (χ4v) is 4.07. The Labute approximate surface area is 195 Å². The Morgan fingerprint density at radius 1 is 1.00 bits per heavy atom. The number of nitrogens with one attached hydrogen (secondary N) is 1. The molecule has 0 bridgehead atoms. The maximum Gasteiger partial charge on any atom is 0.407 e. The van der Waals surface area contributed by atoms with E-state index in [9.17, 15) is 14.7 Å². The highest BCUT2D eigenvalue weighted by atomic mass is 16.5. The smallest absolute Gasteiger partial charge is 0.407 e. The molecule has 1 aliphatic carbocycles. The van der Waals surface area contributed by atoms with Crippen LogP contribution >= 0.6 is 0 Å². The second-order valence-electron chi connectivity index (χ2n) is 7.71. The van der Waals surface area contributed by atoms with Crippen LogP contribution in [0.15, 0.2) is 77.9 Å². The molecule has 1 atom stereocenters. The van der Waals surface area contributed by atoms with Gasteiger partial charge in [0.2, 0.25) is 0 Å². The fourth-order valence-electron chi connectivity index (χ4n) is 4.07. The zero-order valence-electron chi connectivity index (χ0n) is 18.1. The normalized spacial score (nSPS) is 12.6. The molecule has 3 aromatic carbocycles. The summed E-state index contributed by atoms with van der Waals surface area (Å²) < 4.78 is 10.7. The minimum Gasteiger partial charge on any atom is -0.488 e. The van der Waals surface area contributed by atoms with Gasteiger partial charge in [0.1, 0.15) is 18.4 Å². The van der Waals surface area contributed by atoms with E-state index in [1.807, 2.05) is 48.5 Å². The highest BCUT2D eigenvalue weighted by Crippen LogP contribution is 2.44. The molecule has 0 radical (unpaired) electrons. The van der Waals surface area contributed by atoms with Crippen molar-refractivity contribution in [3.05, 3.63) is 99.9 Å². The number of rotatable bonds is 9. The number of hydrogen-bond donors (Lipinski definition) is 2. The van der Waals surface area contributed by atoms with Crippen molar-refractivity contribution in [1.29, 1.82) is 0 Å². The molecule has 1 aliphatic rings. The first-order valence-electron chi connectivity index (χ1n) is 10.6. The summed E-state index contributed by atoms with van der Waals surface area (Å²) in [6, 6.07) is 21.4. The maximum atomic E-state index is 12.5. The summed E-state index contributed by atoms with van der Waals surface area (Å²) in [7, 11) is 0. The Kier molecular flexibility index (Phi) is 6.95. The molecule has 0 aromatic heterocycles. The molecule has 2 N–H and O–H groups in total. The van der Waals surface area contributed by atoms with Gasteiger partial charge in [-0.2, -0.15) is 0 Å². The molecule has 34 heavy (non-hydrogen) atoms. The van der Waals surface area contributed by atoms with Crippen LogP contribution in [-0.4, -0.2) is 36.5 Å². The van der Waals surface area contributed by atoms with Gasteiger partial charge in [-0.1, -0.05) is 65.8 Å². The van der Waals surface area contributed by atoms with Gasteiger partial charge in [-0.15, -0.1) is 0 Å².